The number of carbonyl (C=O) groups is 1. The highest BCUT2D eigenvalue weighted by Crippen LogP contribution is 2.32. The molecule has 8 heteroatoms. The lowest BCUT2D eigenvalue weighted by atomic mass is 10.2. The molecule has 0 fully saturated rings. The molecule has 112 valence electrons. The van der Waals surface area contributed by atoms with E-state index < -0.39 is 0 Å². The first-order valence-electron chi connectivity index (χ1n) is 6.09. The number of carbonyl (C=O) groups excluding carboxylic acids is 1. The molecule has 1 aromatic heterocycles. The highest BCUT2D eigenvalue weighted by atomic mass is 32.1. The zero-order valence-electron chi connectivity index (χ0n) is 11.7. The summed E-state index contributed by atoms with van der Waals surface area (Å²) in [6.45, 7) is 0. The summed E-state index contributed by atoms with van der Waals surface area (Å²) in [5, 5.41) is 5.61. The number of thiazole rings is 1. The van der Waals surface area contributed by atoms with Crippen LogP contribution in [0.5, 0.6) is 11.5 Å². The number of ether oxygens (including phenoxy) is 2. The van der Waals surface area contributed by atoms with Gasteiger partial charge in [0.25, 0.3) is 0 Å². The number of hydrogen-bond donors (Lipinski definition) is 3. The molecule has 0 saturated heterocycles. The zero-order valence-corrected chi connectivity index (χ0v) is 12.5. The van der Waals surface area contributed by atoms with Crippen molar-refractivity contribution in [2.24, 2.45) is 5.84 Å². The number of nitrogens with zero attached hydrogens (tertiary/aromatic N) is 1. The van der Waals surface area contributed by atoms with Crippen molar-refractivity contribution < 1.29 is 14.3 Å². The molecule has 1 aromatic carbocycles. The van der Waals surface area contributed by atoms with Gasteiger partial charge in [0.05, 0.1) is 32.0 Å². The van der Waals surface area contributed by atoms with E-state index >= 15 is 0 Å². The Morgan fingerprint density at radius 1 is 1.38 bits per heavy atom. The second-order valence-corrected chi connectivity index (χ2v) is 4.94. The van der Waals surface area contributed by atoms with Gasteiger partial charge in [0.2, 0.25) is 5.91 Å². The average Bonchev–Trinajstić information content (AvgIpc) is 2.94. The van der Waals surface area contributed by atoms with Crippen molar-refractivity contribution >= 4 is 28.1 Å². The van der Waals surface area contributed by atoms with E-state index in [1.54, 1.807) is 25.7 Å². The summed E-state index contributed by atoms with van der Waals surface area (Å²) in [4.78, 5) is 15.5. The molecule has 0 aliphatic heterocycles. The van der Waals surface area contributed by atoms with E-state index in [1.807, 2.05) is 12.1 Å². The van der Waals surface area contributed by atoms with Gasteiger partial charge in [0.1, 0.15) is 11.5 Å². The van der Waals surface area contributed by atoms with Crippen LogP contribution in [0.2, 0.25) is 0 Å². The number of benzene rings is 1. The molecule has 0 atom stereocenters. The molecule has 1 amide bonds. The number of amides is 1. The fourth-order valence-electron chi connectivity index (χ4n) is 1.68. The number of hydrogen-bond acceptors (Lipinski definition) is 7. The summed E-state index contributed by atoms with van der Waals surface area (Å²) < 4.78 is 10.4. The number of methoxy groups -OCH3 is 2. The maximum Gasteiger partial charge on any atom is 0.239 e. The molecule has 1 heterocycles. The van der Waals surface area contributed by atoms with Gasteiger partial charge in [-0.2, -0.15) is 0 Å². The molecule has 0 unspecified atom stereocenters. The van der Waals surface area contributed by atoms with E-state index in [1.165, 1.54) is 11.3 Å². The van der Waals surface area contributed by atoms with Gasteiger partial charge in [0.15, 0.2) is 5.13 Å². The van der Waals surface area contributed by atoms with Crippen LogP contribution in [-0.2, 0) is 11.2 Å². The predicted molar refractivity (Wildman–Crippen MR) is 81.0 cm³/mol. The SMILES string of the molecule is COc1ccc(Nc2nc(CC(=O)NN)cs2)c(OC)c1. The lowest BCUT2D eigenvalue weighted by Crippen LogP contribution is -2.31. The van der Waals surface area contributed by atoms with Gasteiger partial charge < -0.3 is 14.8 Å². The van der Waals surface area contributed by atoms with Crippen LogP contribution in [0, 0.1) is 0 Å². The highest BCUT2D eigenvalue weighted by Gasteiger charge is 2.09. The molecule has 0 aliphatic carbocycles. The fourth-order valence-corrected chi connectivity index (χ4v) is 2.40. The molecule has 0 bridgehead atoms. The zero-order chi connectivity index (χ0) is 15.2. The molecule has 2 rings (SSSR count). The van der Waals surface area contributed by atoms with Crippen molar-refractivity contribution in [2.45, 2.75) is 6.42 Å². The van der Waals surface area contributed by atoms with Gasteiger partial charge >= 0.3 is 0 Å². The van der Waals surface area contributed by atoms with Crippen molar-refractivity contribution in [3.05, 3.63) is 29.3 Å². The molecule has 2 aromatic rings. The summed E-state index contributed by atoms with van der Waals surface area (Å²) in [6.07, 6.45) is 0.147. The van der Waals surface area contributed by atoms with E-state index in [0.717, 1.165) is 5.69 Å². The Hall–Kier alpha value is -2.32. The van der Waals surface area contributed by atoms with Crippen LogP contribution in [0.15, 0.2) is 23.6 Å². The van der Waals surface area contributed by atoms with Crippen LogP contribution in [0.4, 0.5) is 10.8 Å². The first-order chi connectivity index (χ1) is 10.2. The largest absolute Gasteiger partial charge is 0.497 e. The average molecular weight is 308 g/mol. The Labute approximate surface area is 126 Å². The molecule has 0 saturated carbocycles. The van der Waals surface area contributed by atoms with Crippen molar-refractivity contribution in [1.82, 2.24) is 10.4 Å². The van der Waals surface area contributed by atoms with Crippen LogP contribution >= 0.6 is 11.3 Å². The summed E-state index contributed by atoms with van der Waals surface area (Å²) in [5.41, 5.74) is 3.49. The molecule has 21 heavy (non-hydrogen) atoms. The smallest absolute Gasteiger partial charge is 0.239 e. The molecule has 0 radical (unpaired) electrons. The van der Waals surface area contributed by atoms with Crippen LogP contribution < -0.4 is 26.1 Å². The lowest BCUT2D eigenvalue weighted by Gasteiger charge is -2.10. The fraction of sp³-hybridized carbons (Fsp3) is 0.231. The van der Waals surface area contributed by atoms with E-state index in [2.05, 4.69) is 15.7 Å². The van der Waals surface area contributed by atoms with Crippen molar-refractivity contribution in [1.29, 1.82) is 0 Å². The number of nitrogens with two attached hydrogens (primary N) is 1. The van der Waals surface area contributed by atoms with Gasteiger partial charge in [-0.3, -0.25) is 10.2 Å². The van der Waals surface area contributed by atoms with Crippen molar-refractivity contribution in [3.8, 4) is 11.5 Å². The molecule has 4 N–H and O–H groups in total. The third-order valence-electron chi connectivity index (χ3n) is 2.70. The minimum atomic E-state index is -0.283. The number of anilines is 2. The van der Waals surface area contributed by atoms with Crippen LogP contribution in [0.1, 0.15) is 5.69 Å². The predicted octanol–water partition coefficient (Wildman–Crippen LogP) is 1.44. The van der Waals surface area contributed by atoms with E-state index in [9.17, 15) is 4.79 Å². The van der Waals surface area contributed by atoms with E-state index in [0.29, 0.717) is 22.3 Å². The molecule has 0 aliphatic rings. The van der Waals surface area contributed by atoms with Crippen molar-refractivity contribution in [2.75, 3.05) is 19.5 Å². The Balaban J connectivity index is 2.13. The maximum absolute atomic E-state index is 11.2. The molecule has 7 nitrogen and oxygen atoms in total. The van der Waals surface area contributed by atoms with Gasteiger partial charge in [-0.1, -0.05) is 0 Å². The maximum atomic E-state index is 11.2. The minimum absolute atomic E-state index is 0.147. The second kappa shape index (κ2) is 6.91. The number of nitrogens with one attached hydrogen (secondary N) is 2. The van der Waals surface area contributed by atoms with Gasteiger partial charge in [-0.05, 0) is 12.1 Å². The monoisotopic (exact) mass is 308 g/mol. The van der Waals surface area contributed by atoms with Crippen LogP contribution in [-0.4, -0.2) is 25.1 Å². The summed E-state index contributed by atoms with van der Waals surface area (Å²) in [5.74, 6) is 6.11. The summed E-state index contributed by atoms with van der Waals surface area (Å²) >= 11 is 1.40. The van der Waals surface area contributed by atoms with Crippen LogP contribution in [0.3, 0.4) is 0 Å². The topological polar surface area (TPSA) is 98.5 Å². The summed E-state index contributed by atoms with van der Waals surface area (Å²) in [7, 11) is 3.18. The Morgan fingerprint density at radius 3 is 2.86 bits per heavy atom. The van der Waals surface area contributed by atoms with Crippen LogP contribution in [0.25, 0.3) is 0 Å². The van der Waals surface area contributed by atoms with Gasteiger partial charge in [0, 0.05) is 11.4 Å². The first-order valence-corrected chi connectivity index (χ1v) is 6.97. The second-order valence-electron chi connectivity index (χ2n) is 4.08. The number of hydrazine groups is 1. The number of aromatic nitrogens is 1. The summed E-state index contributed by atoms with van der Waals surface area (Å²) in [6, 6.07) is 5.44. The van der Waals surface area contributed by atoms with E-state index in [-0.39, 0.29) is 12.3 Å². The Kier molecular flexibility index (Phi) is 4.96. The molecular weight excluding hydrogens is 292 g/mol. The minimum Gasteiger partial charge on any atom is -0.497 e. The van der Waals surface area contributed by atoms with E-state index in [4.69, 9.17) is 15.3 Å². The van der Waals surface area contributed by atoms with Gasteiger partial charge in [-0.15, -0.1) is 11.3 Å². The Morgan fingerprint density at radius 2 is 2.19 bits per heavy atom. The van der Waals surface area contributed by atoms with Gasteiger partial charge in [-0.25, -0.2) is 10.8 Å². The molecular formula is C13H16N4O3S. The number of rotatable bonds is 6. The third-order valence-corrected chi connectivity index (χ3v) is 3.51. The normalized spacial score (nSPS) is 10.0. The Bertz CT molecular complexity index is 630. The lowest BCUT2D eigenvalue weighted by molar-refractivity contribution is -0.120. The first kappa shape index (κ1) is 15.1. The quantitative estimate of drug-likeness (QED) is 0.424. The van der Waals surface area contributed by atoms with Crippen molar-refractivity contribution in [3.63, 3.8) is 0 Å². The highest BCUT2D eigenvalue weighted by molar-refractivity contribution is 7.13. The molecule has 0 spiro atoms. The standard InChI is InChI=1S/C13H16N4O3S/c1-19-9-3-4-10(11(6-9)20-2)16-13-15-8(7-21-13)5-12(18)17-14/h3-4,6-7H,5,14H2,1-2H3,(H,15,16)(H,17,18). The third kappa shape index (κ3) is 3.83.